The summed E-state index contributed by atoms with van der Waals surface area (Å²) < 4.78 is 0. The minimum atomic E-state index is -0.833. The van der Waals surface area contributed by atoms with Crippen molar-refractivity contribution in [3.8, 4) is 0 Å². The molecule has 36 valence electrons. The van der Waals surface area contributed by atoms with Crippen molar-refractivity contribution in [2.45, 2.75) is 6.92 Å². The minimum absolute atomic E-state index is 0. The van der Waals surface area contributed by atoms with Gasteiger partial charge >= 0.3 is 23.1 Å². The Labute approximate surface area is 51.1 Å². The number of carboxylic acids is 1. The zero-order valence-electron chi connectivity index (χ0n) is 2.76. The van der Waals surface area contributed by atoms with Gasteiger partial charge in [0.15, 0.2) is 0 Å². The first-order valence-corrected chi connectivity index (χ1v) is 0.928. The fraction of sp³-hybridized carbons (Fsp3) is 0.500. The van der Waals surface area contributed by atoms with Gasteiger partial charge in [0.2, 0.25) is 0 Å². The van der Waals surface area contributed by atoms with Gasteiger partial charge in [-0.1, -0.05) is 0 Å². The first-order valence-electron chi connectivity index (χ1n) is 0.928. The van der Waals surface area contributed by atoms with E-state index in [1.807, 2.05) is 0 Å². The fourth-order valence-electron chi connectivity index (χ4n) is 0. The molecule has 0 saturated carbocycles. The highest BCUT2D eigenvalue weighted by Gasteiger charge is 1.65. The lowest BCUT2D eigenvalue weighted by Crippen LogP contribution is -1.78. The van der Waals surface area contributed by atoms with E-state index in [9.17, 15) is 0 Å². The maximum absolute atomic E-state index is 9.00. The Bertz CT molecular complexity index is 34.5. The number of hydrogen-bond acceptors (Lipinski definition) is 1. The first-order chi connectivity index (χ1) is 1.73. The summed E-state index contributed by atoms with van der Waals surface area (Å²) in [4.78, 5) is 9.00. The summed E-state index contributed by atoms with van der Waals surface area (Å²) in [6.07, 6.45) is 0. The molecule has 0 amide bonds. The molecular formula is C2H7FMgO2. The molecule has 0 aromatic rings. The predicted molar refractivity (Wildman–Crippen MR) is 24.4 cm³/mol. The Morgan fingerprint density at radius 1 is 1.67 bits per heavy atom. The molecule has 0 radical (unpaired) electrons. The molecule has 0 aliphatic carbocycles. The molecule has 0 aliphatic heterocycles. The molecule has 0 unspecified atom stereocenters. The quantitative estimate of drug-likeness (QED) is 0.416. The predicted octanol–water partition coefficient (Wildman–Crippen LogP) is -0.673. The van der Waals surface area contributed by atoms with Crippen molar-refractivity contribution in [2.24, 2.45) is 0 Å². The molecule has 0 bridgehead atoms. The second-order valence-corrected chi connectivity index (χ2v) is 0.519. The molecule has 0 fully saturated rings. The molecule has 1 N–H and O–H groups in total. The van der Waals surface area contributed by atoms with Gasteiger partial charge in [-0.25, -0.2) is 0 Å². The third kappa shape index (κ3) is 1510. The van der Waals surface area contributed by atoms with Crippen molar-refractivity contribution in [3.05, 3.63) is 0 Å². The van der Waals surface area contributed by atoms with Crippen LogP contribution in [0, 0.1) is 0 Å². The molecule has 0 aliphatic rings. The van der Waals surface area contributed by atoms with E-state index >= 15 is 0 Å². The van der Waals surface area contributed by atoms with E-state index in [2.05, 4.69) is 0 Å². The Kier molecular flexibility index (Phi) is 24.5. The molecular weight excluding hydrogens is 99.3 g/mol. The van der Waals surface area contributed by atoms with E-state index in [0.717, 1.165) is 6.92 Å². The standard InChI is InChI=1S/C2H4O2.FH.Mg.2H/c1-2(3)4;;;;/h1H3,(H,3,4);1H;;;. The average molecular weight is 106 g/mol. The average Bonchev–Trinajstić information content (AvgIpc) is 0.811. The van der Waals surface area contributed by atoms with Gasteiger partial charge in [0, 0.05) is 6.92 Å². The zero-order chi connectivity index (χ0) is 3.58. The highest BCUT2D eigenvalue weighted by atomic mass is 24.3. The number of carbonyl (C=O) groups is 1. The normalized spacial score (nSPS) is 4.17. The Hall–Kier alpha value is 0.166. The highest BCUT2D eigenvalue weighted by Crippen LogP contribution is 1.42. The van der Waals surface area contributed by atoms with E-state index < -0.39 is 5.97 Å². The lowest BCUT2D eigenvalue weighted by Gasteiger charge is -1.59. The summed E-state index contributed by atoms with van der Waals surface area (Å²) in [5.74, 6) is -0.833. The number of hydrogen-bond donors (Lipinski definition) is 1. The molecule has 0 spiro atoms. The Morgan fingerprint density at radius 3 is 1.67 bits per heavy atom. The molecule has 0 aromatic heterocycles. The number of halogens is 1. The van der Waals surface area contributed by atoms with Crippen molar-refractivity contribution in [3.63, 3.8) is 0 Å². The number of rotatable bonds is 0. The van der Waals surface area contributed by atoms with Crippen LogP contribution in [-0.2, 0) is 4.79 Å². The second kappa shape index (κ2) is 8.94. The molecule has 0 aromatic carbocycles. The van der Waals surface area contributed by atoms with E-state index in [0.29, 0.717) is 0 Å². The van der Waals surface area contributed by atoms with Gasteiger partial charge in [-0.3, -0.25) is 9.50 Å². The molecule has 4 heteroatoms. The Balaban J connectivity index is -0.0000000450. The minimum Gasteiger partial charge on any atom is -0.481 e. The van der Waals surface area contributed by atoms with Crippen LogP contribution in [0.5, 0.6) is 0 Å². The van der Waals surface area contributed by atoms with Crippen LogP contribution in [0.25, 0.3) is 0 Å². The fourth-order valence-corrected chi connectivity index (χ4v) is 0. The van der Waals surface area contributed by atoms with Gasteiger partial charge in [-0.05, 0) is 0 Å². The number of carboxylic acid groups (broad SMARTS) is 1. The molecule has 0 heterocycles. The summed E-state index contributed by atoms with van der Waals surface area (Å²) >= 11 is 0. The van der Waals surface area contributed by atoms with Gasteiger partial charge in [0.05, 0.1) is 0 Å². The smallest absolute Gasteiger partial charge is 0.316 e. The van der Waals surface area contributed by atoms with Crippen LogP contribution in [-0.4, -0.2) is 34.1 Å². The van der Waals surface area contributed by atoms with Gasteiger partial charge in [-0.2, -0.15) is 0 Å². The lowest BCUT2D eigenvalue weighted by molar-refractivity contribution is -0.134. The summed E-state index contributed by atoms with van der Waals surface area (Å²) in [7, 11) is 0. The third-order valence-electron chi connectivity index (χ3n) is 0. The van der Waals surface area contributed by atoms with Gasteiger partial charge in [0.25, 0.3) is 5.97 Å². The lowest BCUT2D eigenvalue weighted by atomic mass is 10.9. The maximum atomic E-state index is 9.00. The molecule has 0 atom stereocenters. The van der Waals surface area contributed by atoms with Crippen LogP contribution in [0.15, 0.2) is 0 Å². The monoisotopic (exact) mass is 106 g/mol. The van der Waals surface area contributed by atoms with Gasteiger partial charge < -0.3 is 5.11 Å². The largest absolute Gasteiger partial charge is 0.481 e. The van der Waals surface area contributed by atoms with Crippen molar-refractivity contribution in [1.82, 2.24) is 0 Å². The van der Waals surface area contributed by atoms with E-state index in [4.69, 9.17) is 9.90 Å². The molecule has 2 nitrogen and oxygen atoms in total. The van der Waals surface area contributed by atoms with Crippen LogP contribution in [0.4, 0.5) is 4.70 Å². The van der Waals surface area contributed by atoms with Crippen LogP contribution >= 0.6 is 0 Å². The van der Waals surface area contributed by atoms with Crippen LogP contribution < -0.4 is 0 Å². The van der Waals surface area contributed by atoms with Gasteiger partial charge in [0.1, 0.15) is 0 Å². The SMILES string of the molecule is CC(=O)O.F.[MgH2]. The van der Waals surface area contributed by atoms with E-state index in [-0.39, 0.29) is 27.8 Å². The van der Waals surface area contributed by atoms with Crippen molar-refractivity contribution in [1.29, 1.82) is 0 Å². The summed E-state index contributed by atoms with van der Waals surface area (Å²) in [6.45, 7) is 1.08. The maximum Gasteiger partial charge on any atom is 0.316 e. The highest BCUT2D eigenvalue weighted by molar-refractivity contribution is 5.75. The molecule has 6 heavy (non-hydrogen) atoms. The van der Waals surface area contributed by atoms with Gasteiger partial charge in [-0.15, -0.1) is 0 Å². The van der Waals surface area contributed by atoms with E-state index in [1.165, 1.54) is 0 Å². The van der Waals surface area contributed by atoms with E-state index in [1.54, 1.807) is 0 Å². The first kappa shape index (κ1) is 16.4. The van der Waals surface area contributed by atoms with Crippen LogP contribution in [0.1, 0.15) is 6.92 Å². The van der Waals surface area contributed by atoms with Crippen molar-refractivity contribution < 1.29 is 14.6 Å². The van der Waals surface area contributed by atoms with Crippen LogP contribution in [0.2, 0.25) is 0 Å². The second-order valence-electron chi connectivity index (χ2n) is 0.519. The molecule has 0 saturated heterocycles. The summed E-state index contributed by atoms with van der Waals surface area (Å²) in [5, 5.41) is 7.42. The van der Waals surface area contributed by atoms with Crippen LogP contribution in [0.3, 0.4) is 0 Å². The van der Waals surface area contributed by atoms with Crippen molar-refractivity contribution >= 4 is 29.0 Å². The molecule has 0 rings (SSSR count). The topological polar surface area (TPSA) is 37.3 Å². The zero-order valence-corrected chi connectivity index (χ0v) is 2.76. The number of aliphatic carboxylic acids is 1. The summed E-state index contributed by atoms with van der Waals surface area (Å²) in [5.41, 5.74) is 0. The Morgan fingerprint density at radius 2 is 1.67 bits per heavy atom. The van der Waals surface area contributed by atoms with Crippen molar-refractivity contribution in [2.75, 3.05) is 0 Å². The third-order valence-corrected chi connectivity index (χ3v) is 0. The summed E-state index contributed by atoms with van der Waals surface area (Å²) in [6, 6.07) is 0.